The number of aromatic nitrogens is 5. The second-order valence-corrected chi connectivity index (χ2v) is 5.57. The second kappa shape index (κ2) is 4.96. The van der Waals surface area contributed by atoms with E-state index < -0.39 is 0 Å². The van der Waals surface area contributed by atoms with Crippen LogP contribution in [0, 0.1) is 6.92 Å². The van der Waals surface area contributed by atoms with Gasteiger partial charge in [0.1, 0.15) is 17.3 Å². The van der Waals surface area contributed by atoms with E-state index in [-0.39, 0.29) is 0 Å². The molecule has 0 saturated heterocycles. The summed E-state index contributed by atoms with van der Waals surface area (Å²) in [5.74, 6) is 1.98. The fourth-order valence-corrected chi connectivity index (χ4v) is 2.92. The number of hydrogen-bond donors (Lipinski definition) is 1. The minimum atomic E-state index is 0.434. The average Bonchev–Trinajstić information content (AvgIpc) is 3.06. The Balaban J connectivity index is 1.43. The molecule has 4 rings (SSSR count). The Labute approximate surface area is 122 Å². The molecule has 1 aliphatic heterocycles. The lowest BCUT2D eigenvalue weighted by molar-refractivity contribution is 0.356. The van der Waals surface area contributed by atoms with Gasteiger partial charge < -0.3 is 9.72 Å². The maximum atomic E-state index is 4.61. The van der Waals surface area contributed by atoms with Gasteiger partial charge in [0.05, 0.1) is 12.2 Å². The van der Waals surface area contributed by atoms with Crippen LogP contribution in [0.4, 0.5) is 0 Å². The molecule has 6 nitrogen and oxygen atoms in total. The van der Waals surface area contributed by atoms with Crippen LogP contribution in [0.5, 0.6) is 0 Å². The van der Waals surface area contributed by atoms with Crippen molar-refractivity contribution in [2.75, 3.05) is 0 Å². The van der Waals surface area contributed by atoms with Crippen molar-refractivity contribution in [2.45, 2.75) is 38.9 Å². The summed E-state index contributed by atoms with van der Waals surface area (Å²) in [5.41, 5.74) is 2.06. The number of hydrogen-bond acceptors (Lipinski definition) is 4. The molecule has 0 fully saturated rings. The first-order chi connectivity index (χ1) is 10.3. The highest BCUT2D eigenvalue weighted by Crippen LogP contribution is 2.13. The van der Waals surface area contributed by atoms with Gasteiger partial charge in [0.25, 0.3) is 0 Å². The molecule has 108 valence electrons. The molecule has 0 saturated carbocycles. The molecule has 0 aliphatic carbocycles. The first-order valence-electron chi connectivity index (χ1n) is 7.34. The third kappa shape index (κ3) is 2.42. The van der Waals surface area contributed by atoms with Crippen molar-refractivity contribution < 1.29 is 0 Å². The molecule has 1 atom stereocenters. The smallest absolute Gasteiger partial charge is 0.147 e. The van der Waals surface area contributed by atoms with E-state index in [9.17, 15) is 0 Å². The third-order valence-corrected chi connectivity index (χ3v) is 3.95. The SMILES string of the molecule is Cc1nc2n(n1)C[C@H](NCc1cn3ccccc3n1)CC2. The summed E-state index contributed by atoms with van der Waals surface area (Å²) in [5, 5.41) is 8.02. The lowest BCUT2D eigenvalue weighted by atomic mass is 10.1. The Bertz CT molecular complexity index is 738. The maximum absolute atomic E-state index is 4.61. The van der Waals surface area contributed by atoms with Gasteiger partial charge in [0.15, 0.2) is 0 Å². The average molecular weight is 282 g/mol. The van der Waals surface area contributed by atoms with E-state index in [1.54, 1.807) is 0 Å². The number of pyridine rings is 1. The minimum absolute atomic E-state index is 0.434. The lowest BCUT2D eigenvalue weighted by Gasteiger charge is -2.23. The van der Waals surface area contributed by atoms with Crippen LogP contribution in [-0.2, 0) is 19.5 Å². The predicted octanol–water partition coefficient (Wildman–Crippen LogP) is 1.34. The van der Waals surface area contributed by atoms with Crippen LogP contribution >= 0.6 is 0 Å². The Morgan fingerprint density at radius 2 is 2.29 bits per heavy atom. The predicted molar refractivity (Wildman–Crippen MR) is 78.9 cm³/mol. The monoisotopic (exact) mass is 282 g/mol. The van der Waals surface area contributed by atoms with Crippen molar-refractivity contribution in [1.29, 1.82) is 0 Å². The molecule has 1 aliphatic rings. The zero-order valence-electron chi connectivity index (χ0n) is 12.0. The second-order valence-electron chi connectivity index (χ2n) is 5.57. The van der Waals surface area contributed by atoms with Crippen LogP contribution in [0.15, 0.2) is 30.6 Å². The molecule has 4 heterocycles. The minimum Gasteiger partial charge on any atom is -0.307 e. The van der Waals surface area contributed by atoms with Gasteiger partial charge in [-0.3, -0.25) is 0 Å². The Morgan fingerprint density at radius 3 is 3.19 bits per heavy atom. The van der Waals surface area contributed by atoms with Crippen molar-refractivity contribution in [3.8, 4) is 0 Å². The summed E-state index contributed by atoms with van der Waals surface area (Å²) in [6, 6.07) is 6.48. The largest absolute Gasteiger partial charge is 0.307 e. The first-order valence-corrected chi connectivity index (χ1v) is 7.34. The van der Waals surface area contributed by atoms with Gasteiger partial charge in [-0.25, -0.2) is 14.6 Å². The van der Waals surface area contributed by atoms with Crippen LogP contribution in [0.25, 0.3) is 5.65 Å². The van der Waals surface area contributed by atoms with Gasteiger partial charge in [-0.15, -0.1) is 0 Å². The number of imidazole rings is 1. The normalized spacial score (nSPS) is 18.0. The highest BCUT2D eigenvalue weighted by molar-refractivity contribution is 5.39. The van der Waals surface area contributed by atoms with Crippen LogP contribution < -0.4 is 5.32 Å². The molecule has 0 spiro atoms. The van der Waals surface area contributed by atoms with Crippen molar-refractivity contribution in [1.82, 2.24) is 29.5 Å². The fourth-order valence-electron chi connectivity index (χ4n) is 2.92. The molecule has 0 amide bonds. The molecule has 0 bridgehead atoms. The summed E-state index contributed by atoms with van der Waals surface area (Å²) >= 11 is 0. The third-order valence-electron chi connectivity index (χ3n) is 3.95. The zero-order valence-corrected chi connectivity index (χ0v) is 12.0. The van der Waals surface area contributed by atoms with Crippen molar-refractivity contribution >= 4 is 5.65 Å². The summed E-state index contributed by atoms with van der Waals surface area (Å²) in [4.78, 5) is 9.05. The summed E-state index contributed by atoms with van der Waals surface area (Å²) in [6.07, 6.45) is 6.20. The number of nitrogens with zero attached hydrogens (tertiary/aromatic N) is 5. The van der Waals surface area contributed by atoms with E-state index in [1.807, 2.05) is 36.0 Å². The standard InChI is InChI=1S/C15H18N6/c1-11-17-15-6-5-12(10-21(15)19-11)16-8-13-9-20-7-3-2-4-14(20)18-13/h2-4,7,9,12,16H,5-6,8,10H2,1H3/t12-/m1/s1. The van der Waals surface area contributed by atoms with Gasteiger partial charge in [0, 0.05) is 31.4 Å². The fraction of sp³-hybridized carbons (Fsp3) is 0.400. The zero-order chi connectivity index (χ0) is 14.2. The summed E-state index contributed by atoms with van der Waals surface area (Å²) in [7, 11) is 0. The molecular formula is C15H18N6. The number of aryl methyl sites for hydroxylation is 2. The first kappa shape index (κ1) is 12.5. The van der Waals surface area contributed by atoms with E-state index >= 15 is 0 Å². The van der Waals surface area contributed by atoms with E-state index in [4.69, 9.17) is 0 Å². The Morgan fingerprint density at radius 1 is 1.33 bits per heavy atom. The van der Waals surface area contributed by atoms with Gasteiger partial charge >= 0.3 is 0 Å². The van der Waals surface area contributed by atoms with Crippen molar-refractivity contribution in [3.05, 3.63) is 47.9 Å². The van der Waals surface area contributed by atoms with Gasteiger partial charge in [-0.2, -0.15) is 5.10 Å². The quantitative estimate of drug-likeness (QED) is 0.787. The number of nitrogens with one attached hydrogen (secondary N) is 1. The van der Waals surface area contributed by atoms with Crippen molar-refractivity contribution in [2.24, 2.45) is 0 Å². The maximum Gasteiger partial charge on any atom is 0.147 e. The van der Waals surface area contributed by atoms with E-state index in [2.05, 4.69) is 31.0 Å². The Kier molecular flexibility index (Phi) is 2.96. The summed E-state index contributed by atoms with van der Waals surface area (Å²) in [6.45, 7) is 3.63. The molecule has 0 unspecified atom stereocenters. The van der Waals surface area contributed by atoms with Crippen LogP contribution in [0.1, 0.15) is 23.8 Å². The lowest BCUT2D eigenvalue weighted by Crippen LogP contribution is -2.37. The molecule has 0 aromatic carbocycles. The number of rotatable bonds is 3. The molecular weight excluding hydrogens is 264 g/mol. The van der Waals surface area contributed by atoms with Crippen molar-refractivity contribution in [3.63, 3.8) is 0 Å². The molecule has 21 heavy (non-hydrogen) atoms. The van der Waals surface area contributed by atoms with E-state index in [0.717, 1.165) is 48.9 Å². The van der Waals surface area contributed by atoms with E-state index in [1.165, 1.54) is 0 Å². The van der Waals surface area contributed by atoms with Crippen LogP contribution in [-0.4, -0.2) is 30.2 Å². The number of fused-ring (bicyclic) bond motifs is 2. The molecule has 0 radical (unpaired) electrons. The van der Waals surface area contributed by atoms with Crippen LogP contribution in [0.3, 0.4) is 0 Å². The molecule has 3 aromatic heterocycles. The van der Waals surface area contributed by atoms with Gasteiger partial charge in [-0.05, 0) is 25.5 Å². The molecule has 1 N–H and O–H groups in total. The Hall–Kier alpha value is -2.21. The molecule has 3 aromatic rings. The van der Waals surface area contributed by atoms with Gasteiger partial charge in [0.2, 0.25) is 0 Å². The topological polar surface area (TPSA) is 60.0 Å². The molecule has 6 heteroatoms. The summed E-state index contributed by atoms with van der Waals surface area (Å²) < 4.78 is 4.08. The van der Waals surface area contributed by atoms with E-state index in [0.29, 0.717) is 6.04 Å². The highest BCUT2D eigenvalue weighted by atomic mass is 15.4. The van der Waals surface area contributed by atoms with Gasteiger partial charge in [-0.1, -0.05) is 6.07 Å². The highest BCUT2D eigenvalue weighted by Gasteiger charge is 2.20. The van der Waals surface area contributed by atoms with Crippen LogP contribution in [0.2, 0.25) is 0 Å².